The Morgan fingerprint density at radius 2 is 2.15 bits per heavy atom. The average molecular weight is 353 g/mol. The molecule has 4 rings (SSSR count). The minimum atomic E-state index is -0.636. The number of H-pyrrole nitrogens is 2. The van der Waals surface area contributed by atoms with Gasteiger partial charge in [0.1, 0.15) is 0 Å². The van der Waals surface area contributed by atoms with Crippen molar-refractivity contribution in [1.29, 1.82) is 0 Å². The van der Waals surface area contributed by atoms with Crippen LogP contribution >= 0.6 is 0 Å². The molecule has 1 aliphatic heterocycles. The fourth-order valence-electron chi connectivity index (χ4n) is 3.41. The molecule has 8 heteroatoms. The maximum absolute atomic E-state index is 12.8. The molecule has 0 aliphatic carbocycles. The molecule has 0 saturated carbocycles. The van der Waals surface area contributed by atoms with Gasteiger partial charge in [-0.3, -0.25) is 14.7 Å². The number of fused-ring (bicyclic) bond motifs is 1. The second-order valence-corrected chi connectivity index (χ2v) is 6.72. The van der Waals surface area contributed by atoms with Crippen LogP contribution in [0.15, 0.2) is 35.1 Å². The Morgan fingerprint density at radius 1 is 1.35 bits per heavy atom. The molecule has 8 nitrogen and oxygen atoms in total. The molecule has 1 fully saturated rings. The Bertz CT molecular complexity index is 1020. The Kier molecular flexibility index (Phi) is 4.04. The van der Waals surface area contributed by atoms with Crippen LogP contribution in [0.2, 0.25) is 0 Å². The molecule has 0 spiro atoms. The molecule has 2 aromatic heterocycles. The lowest BCUT2D eigenvalue weighted by Crippen LogP contribution is -2.32. The van der Waals surface area contributed by atoms with Gasteiger partial charge >= 0.3 is 0 Å². The number of para-hydroxylation sites is 1. The van der Waals surface area contributed by atoms with Crippen molar-refractivity contribution >= 4 is 16.8 Å². The van der Waals surface area contributed by atoms with Gasteiger partial charge in [-0.2, -0.15) is 5.10 Å². The third-order valence-corrected chi connectivity index (χ3v) is 4.74. The minimum Gasteiger partial charge on any atom is -0.391 e. The number of aliphatic hydroxyl groups is 1. The number of benzene rings is 1. The highest BCUT2D eigenvalue weighted by Gasteiger charge is 2.35. The number of aliphatic hydroxyl groups excluding tert-OH is 1. The monoisotopic (exact) mass is 353 g/mol. The number of aromatic amines is 2. The van der Waals surface area contributed by atoms with Gasteiger partial charge in [0.2, 0.25) is 0 Å². The lowest BCUT2D eigenvalue weighted by molar-refractivity contribution is 0.0753. The van der Waals surface area contributed by atoms with Gasteiger partial charge in [-0.25, -0.2) is 4.98 Å². The summed E-state index contributed by atoms with van der Waals surface area (Å²) in [5.74, 6) is -0.487. The van der Waals surface area contributed by atoms with Gasteiger partial charge in [-0.1, -0.05) is 12.1 Å². The first kappa shape index (κ1) is 16.5. The summed E-state index contributed by atoms with van der Waals surface area (Å²) in [6.07, 6.45) is -0.0557. The van der Waals surface area contributed by atoms with Crippen LogP contribution in [-0.2, 0) is 6.42 Å². The van der Waals surface area contributed by atoms with E-state index in [-0.39, 0.29) is 29.8 Å². The number of aromatic nitrogens is 4. The molecule has 26 heavy (non-hydrogen) atoms. The highest BCUT2D eigenvalue weighted by Crippen LogP contribution is 2.22. The fraction of sp³-hybridized carbons (Fsp3) is 0.333. The number of rotatable bonds is 3. The normalized spacial score (nSPS) is 20.0. The SMILES string of the molecule is Cc1cc(C[C@@H]2CN(C(=O)c3nc4ccccc4c(=O)[nH]3)C[C@H]2O)n[nH]1. The summed E-state index contributed by atoms with van der Waals surface area (Å²) >= 11 is 0. The first-order valence-corrected chi connectivity index (χ1v) is 8.48. The zero-order valence-corrected chi connectivity index (χ0v) is 14.3. The number of hydrogen-bond acceptors (Lipinski definition) is 5. The maximum atomic E-state index is 12.8. The molecule has 3 aromatic rings. The summed E-state index contributed by atoms with van der Waals surface area (Å²) in [4.78, 5) is 33.3. The smallest absolute Gasteiger partial charge is 0.289 e. The predicted molar refractivity (Wildman–Crippen MR) is 94.8 cm³/mol. The molecule has 2 atom stereocenters. The highest BCUT2D eigenvalue weighted by molar-refractivity contribution is 5.92. The van der Waals surface area contributed by atoms with Crippen molar-refractivity contribution in [2.45, 2.75) is 19.4 Å². The molecule has 1 aliphatic rings. The van der Waals surface area contributed by atoms with Gasteiger partial charge in [0.05, 0.1) is 22.7 Å². The minimum absolute atomic E-state index is 0.00263. The molecule has 1 aromatic carbocycles. The number of likely N-dealkylation sites (tertiary alicyclic amines) is 1. The molecule has 1 saturated heterocycles. The predicted octanol–water partition coefficient (Wildman–Crippen LogP) is 0.630. The quantitative estimate of drug-likeness (QED) is 0.639. The lowest BCUT2D eigenvalue weighted by Gasteiger charge is -2.15. The van der Waals surface area contributed by atoms with E-state index in [0.717, 1.165) is 11.4 Å². The molecule has 1 amide bonds. The van der Waals surface area contributed by atoms with Crippen molar-refractivity contribution in [2.75, 3.05) is 13.1 Å². The summed E-state index contributed by atoms with van der Waals surface area (Å²) < 4.78 is 0. The zero-order chi connectivity index (χ0) is 18.3. The molecule has 0 bridgehead atoms. The van der Waals surface area contributed by atoms with Gasteiger partial charge in [0, 0.05) is 24.7 Å². The van der Waals surface area contributed by atoms with Crippen molar-refractivity contribution in [1.82, 2.24) is 25.1 Å². The summed E-state index contributed by atoms with van der Waals surface area (Å²) in [5.41, 5.74) is 1.95. The van der Waals surface area contributed by atoms with E-state index in [1.54, 1.807) is 24.3 Å². The van der Waals surface area contributed by atoms with Crippen molar-refractivity contribution < 1.29 is 9.90 Å². The largest absolute Gasteiger partial charge is 0.391 e. The van der Waals surface area contributed by atoms with Crippen molar-refractivity contribution in [3.05, 3.63) is 57.9 Å². The number of hydrogen-bond donors (Lipinski definition) is 3. The van der Waals surface area contributed by atoms with Crippen LogP contribution in [0, 0.1) is 12.8 Å². The second-order valence-electron chi connectivity index (χ2n) is 6.72. The van der Waals surface area contributed by atoms with E-state index in [1.165, 1.54) is 4.90 Å². The van der Waals surface area contributed by atoms with Crippen LogP contribution in [0.5, 0.6) is 0 Å². The highest BCUT2D eigenvalue weighted by atomic mass is 16.3. The van der Waals surface area contributed by atoms with Gasteiger partial charge in [0.25, 0.3) is 11.5 Å². The summed E-state index contributed by atoms with van der Waals surface area (Å²) in [6, 6.07) is 8.81. The van der Waals surface area contributed by atoms with Crippen LogP contribution in [0.25, 0.3) is 10.9 Å². The van der Waals surface area contributed by atoms with Crippen molar-refractivity contribution in [3.8, 4) is 0 Å². The third-order valence-electron chi connectivity index (χ3n) is 4.74. The van der Waals surface area contributed by atoms with Crippen molar-refractivity contribution in [3.63, 3.8) is 0 Å². The van der Waals surface area contributed by atoms with Gasteiger partial charge < -0.3 is 15.0 Å². The average Bonchev–Trinajstić information content (AvgIpc) is 3.20. The number of β-amino-alcohol motifs (C(OH)–C–C–N with tert-alkyl or cyclic N) is 1. The Labute approximate surface area is 148 Å². The molecular weight excluding hydrogens is 334 g/mol. The molecule has 3 N–H and O–H groups in total. The number of amides is 1. The van der Waals surface area contributed by atoms with Gasteiger partial charge in [-0.15, -0.1) is 0 Å². The van der Waals surface area contributed by atoms with E-state index in [1.807, 2.05) is 13.0 Å². The molecule has 3 heterocycles. The van der Waals surface area contributed by atoms with E-state index in [9.17, 15) is 14.7 Å². The van der Waals surface area contributed by atoms with Crippen LogP contribution in [-0.4, -0.2) is 55.3 Å². The summed E-state index contributed by atoms with van der Waals surface area (Å²) in [7, 11) is 0. The number of nitrogens with one attached hydrogen (secondary N) is 2. The maximum Gasteiger partial charge on any atom is 0.289 e. The fourth-order valence-corrected chi connectivity index (χ4v) is 3.41. The number of carbonyl (C=O) groups excluding carboxylic acids is 1. The molecule has 134 valence electrons. The third kappa shape index (κ3) is 2.99. The van der Waals surface area contributed by atoms with Crippen molar-refractivity contribution in [2.24, 2.45) is 5.92 Å². The topological polar surface area (TPSA) is 115 Å². The zero-order valence-electron chi connectivity index (χ0n) is 14.3. The summed E-state index contributed by atoms with van der Waals surface area (Å²) in [6.45, 7) is 2.52. The van der Waals surface area contributed by atoms with E-state index in [4.69, 9.17) is 0 Å². The van der Waals surface area contributed by atoms with E-state index >= 15 is 0 Å². The molecular formula is C18H19N5O3. The Balaban J connectivity index is 1.54. The lowest BCUT2D eigenvalue weighted by atomic mass is 10.0. The number of carbonyl (C=O) groups is 1. The number of nitrogens with zero attached hydrogens (tertiary/aromatic N) is 3. The van der Waals surface area contributed by atoms with Crippen LogP contribution < -0.4 is 5.56 Å². The first-order valence-electron chi connectivity index (χ1n) is 8.48. The Hall–Kier alpha value is -3.00. The number of aryl methyl sites for hydroxylation is 1. The van der Waals surface area contributed by atoms with Gasteiger partial charge in [0.15, 0.2) is 5.82 Å². The molecule has 0 unspecified atom stereocenters. The van der Waals surface area contributed by atoms with Crippen LogP contribution in [0.4, 0.5) is 0 Å². The second kappa shape index (κ2) is 6.38. The van der Waals surface area contributed by atoms with Crippen LogP contribution in [0.1, 0.15) is 22.0 Å². The van der Waals surface area contributed by atoms with E-state index in [2.05, 4.69) is 20.2 Å². The Morgan fingerprint density at radius 3 is 2.92 bits per heavy atom. The molecule has 0 radical (unpaired) electrons. The summed E-state index contributed by atoms with van der Waals surface area (Å²) in [5, 5.41) is 17.8. The van der Waals surface area contributed by atoms with E-state index in [0.29, 0.717) is 23.9 Å². The first-order chi connectivity index (χ1) is 12.5. The van der Waals surface area contributed by atoms with Gasteiger partial charge in [-0.05, 0) is 31.5 Å². The van der Waals surface area contributed by atoms with Crippen LogP contribution in [0.3, 0.4) is 0 Å². The standard InChI is InChI=1S/C18H19N5O3/c1-10-6-12(22-21-10)7-11-8-23(9-15(11)24)18(26)16-19-14-5-3-2-4-13(14)17(25)20-16/h2-6,11,15,24H,7-9H2,1H3,(H,21,22)(H,19,20,25)/t11-,15-/m1/s1. The van der Waals surface area contributed by atoms with E-state index < -0.39 is 6.10 Å².